The van der Waals surface area contributed by atoms with Crippen LogP contribution in [-0.4, -0.2) is 24.7 Å². The largest absolute Gasteiger partial charge is 0.487 e. The van der Waals surface area contributed by atoms with Gasteiger partial charge in [0.25, 0.3) is 0 Å². The number of halogens is 1. The van der Waals surface area contributed by atoms with Crippen molar-refractivity contribution >= 4 is 28.6 Å². The molecule has 0 amide bonds. The van der Waals surface area contributed by atoms with Gasteiger partial charge in [0.15, 0.2) is 0 Å². The summed E-state index contributed by atoms with van der Waals surface area (Å²) in [5.41, 5.74) is 2.08. The van der Waals surface area contributed by atoms with Gasteiger partial charge in [0.05, 0.1) is 31.1 Å². The maximum atomic E-state index is 6.11. The zero-order valence-corrected chi connectivity index (χ0v) is 13.6. The molecule has 0 radical (unpaired) electrons. The molecule has 1 aliphatic rings. The molecule has 6 heteroatoms. The Morgan fingerprint density at radius 1 is 1.52 bits per heavy atom. The van der Waals surface area contributed by atoms with Crippen LogP contribution in [0.15, 0.2) is 23.6 Å². The number of hydrogen-bond donors (Lipinski definition) is 0. The van der Waals surface area contributed by atoms with Gasteiger partial charge in [-0.15, -0.1) is 11.3 Å². The molecule has 2 aromatic rings. The lowest BCUT2D eigenvalue weighted by Gasteiger charge is -2.34. The van der Waals surface area contributed by atoms with Crippen LogP contribution in [0.4, 0.5) is 5.69 Å². The number of aromatic nitrogens is 1. The van der Waals surface area contributed by atoms with Gasteiger partial charge < -0.3 is 14.4 Å². The molecule has 1 aromatic carbocycles. The fourth-order valence-electron chi connectivity index (χ4n) is 2.46. The molecule has 0 N–H and O–H groups in total. The third-order valence-electron chi connectivity index (χ3n) is 3.29. The van der Waals surface area contributed by atoms with E-state index in [4.69, 9.17) is 21.1 Å². The maximum absolute atomic E-state index is 6.11. The zero-order chi connectivity index (χ0) is 14.8. The first-order valence-corrected chi connectivity index (χ1v) is 8.05. The summed E-state index contributed by atoms with van der Waals surface area (Å²) in [4.78, 5) is 6.86. The molecule has 1 aromatic heterocycles. The van der Waals surface area contributed by atoms with E-state index in [-0.39, 0.29) is 6.10 Å². The summed E-state index contributed by atoms with van der Waals surface area (Å²) in [7, 11) is 1.68. The molecule has 0 saturated carbocycles. The highest BCUT2D eigenvalue weighted by Crippen LogP contribution is 2.36. The van der Waals surface area contributed by atoms with Crippen molar-refractivity contribution in [2.45, 2.75) is 26.2 Å². The van der Waals surface area contributed by atoms with E-state index in [2.05, 4.69) is 22.2 Å². The highest BCUT2D eigenvalue weighted by Gasteiger charge is 2.23. The van der Waals surface area contributed by atoms with Gasteiger partial charge in [-0.1, -0.05) is 11.6 Å². The van der Waals surface area contributed by atoms with Gasteiger partial charge in [0, 0.05) is 17.5 Å². The van der Waals surface area contributed by atoms with Crippen molar-refractivity contribution < 1.29 is 9.47 Å². The van der Waals surface area contributed by atoms with E-state index in [1.165, 1.54) is 0 Å². The monoisotopic (exact) mass is 324 g/mol. The predicted octanol–water partition coefficient (Wildman–Crippen LogP) is 3.73. The Morgan fingerprint density at radius 3 is 3.19 bits per heavy atom. The number of nitrogens with zero attached hydrogens (tertiary/aromatic N) is 2. The lowest BCUT2D eigenvalue weighted by atomic mass is 10.2. The second kappa shape index (κ2) is 6.22. The van der Waals surface area contributed by atoms with Gasteiger partial charge in [0.2, 0.25) is 0 Å². The van der Waals surface area contributed by atoms with Gasteiger partial charge in [-0.25, -0.2) is 4.98 Å². The van der Waals surface area contributed by atoms with E-state index >= 15 is 0 Å². The molecular weight excluding hydrogens is 308 g/mol. The van der Waals surface area contributed by atoms with Crippen LogP contribution in [0, 0.1) is 0 Å². The molecule has 3 rings (SSSR count). The molecule has 112 valence electrons. The number of benzene rings is 1. The minimum Gasteiger partial charge on any atom is -0.487 e. The van der Waals surface area contributed by atoms with Crippen LogP contribution < -0.4 is 9.64 Å². The van der Waals surface area contributed by atoms with Gasteiger partial charge in [0.1, 0.15) is 16.9 Å². The highest BCUT2D eigenvalue weighted by molar-refractivity contribution is 7.09. The summed E-state index contributed by atoms with van der Waals surface area (Å²) >= 11 is 7.74. The average Bonchev–Trinajstić information content (AvgIpc) is 2.87. The maximum Gasteiger partial charge on any atom is 0.143 e. The summed E-state index contributed by atoms with van der Waals surface area (Å²) in [5.74, 6) is 0.880. The van der Waals surface area contributed by atoms with Crippen LogP contribution >= 0.6 is 22.9 Å². The highest BCUT2D eigenvalue weighted by atomic mass is 35.5. The van der Waals surface area contributed by atoms with Crippen LogP contribution in [0.25, 0.3) is 0 Å². The van der Waals surface area contributed by atoms with Gasteiger partial charge in [-0.2, -0.15) is 0 Å². The predicted molar refractivity (Wildman–Crippen MR) is 85.4 cm³/mol. The van der Waals surface area contributed by atoms with Crippen molar-refractivity contribution in [1.82, 2.24) is 4.98 Å². The summed E-state index contributed by atoms with van der Waals surface area (Å²) in [6.45, 7) is 4.21. The molecule has 0 bridgehead atoms. The average molecular weight is 325 g/mol. The number of rotatable bonds is 4. The number of fused-ring (bicyclic) bond motifs is 1. The quantitative estimate of drug-likeness (QED) is 0.858. The zero-order valence-electron chi connectivity index (χ0n) is 12.0. The Bertz CT molecular complexity index is 632. The summed E-state index contributed by atoms with van der Waals surface area (Å²) in [5, 5.41) is 3.80. The Balaban J connectivity index is 1.83. The fraction of sp³-hybridized carbons (Fsp3) is 0.400. The van der Waals surface area contributed by atoms with Gasteiger partial charge in [-0.05, 0) is 25.1 Å². The SMILES string of the molecule is COCc1nc(CN2CC(C)Oc3ccc(Cl)cc32)cs1. The standard InChI is InChI=1S/C15H17ClN2O2S/c1-10-6-18(7-12-9-21-15(17-12)8-19-2)13-5-11(16)3-4-14(13)20-10/h3-5,9-10H,6-8H2,1-2H3. The topological polar surface area (TPSA) is 34.6 Å². The number of hydrogen-bond acceptors (Lipinski definition) is 5. The van der Waals surface area contributed by atoms with Crippen LogP contribution in [0.5, 0.6) is 5.75 Å². The minimum atomic E-state index is 0.149. The van der Waals surface area contributed by atoms with Gasteiger partial charge in [-0.3, -0.25) is 0 Å². The first-order chi connectivity index (χ1) is 10.2. The first kappa shape index (κ1) is 14.6. The van der Waals surface area contributed by atoms with Crippen LogP contribution in [0.2, 0.25) is 5.02 Å². The van der Waals surface area contributed by atoms with Crippen molar-refractivity contribution in [3.8, 4) is 5.75 Å². The molecule has 4 nitrogen and oxygen atoms in total. The van der Waals surface area contributed by atoms with E-state index in [1.807, 2.05) is 18.2 Å². The molecule has 0 spiro atoms. The van der Waals surface area contributed by atoms with E-state index < -0.39 is 0 Å². The number of ether oxygens (including phenoxy) is 2. The van der Waals surface area contributed by atoms with Crippen molar-refractivity contribution in [3.63, 3.8) is 0 Å². The molecular formula is C15H17ClN2O2S. The minimum absolute atomic E-state index is 0.149. The second-order valence-electron chi connectivity index (χ2n) is 5.09. The molecule has 1 unspecified atom stereocenters. The Kier molecular flexibility index (Phi) is 4.33. The number of methoxy groups -OCH3 is 1. The third kappa shape index (κ3) is 3.31. The smallest absolute Gasteiger partial charge is 0.143 e. The molecule has 21 heavy (non-hydrogen) atoms. The van der Waals surface area contributed by atoms with E-state index in [9.17, 15) is 0 Å². The third-order valence-corrected chi connectivity index (χ3v) is 4.39. The Hall–Kier alpha value is -1.30. The van der Waals surface area contributed by atoms with Crippen molar-refractivity contribution in [3.05, 3.63) is 39.3 Å². The van der Waals surface area contributed by atoms with Gasteiger partial charge >= 0.3 is 0 Å². The fourth-order valence-corrected chi connectivity index (χ4v) is 3.38. The second-order valence-corrected chi connectivity index (χ2v) is 6.47. The molecule has 2 heterocycles. The van der Waals surface area contributed by atoms with Crippen LogP contribution in [0.3, 0.4) is 0 Å². The normalized spacial score (nSPS) is 17.5. The Morgan fingerprint density at radius 2 is 2.38 bits per heavy atom. The molecule has 0 fully saturated rings. The molecule has 0 aliphatic carbocycles. The number of anilines is 1. The molecule has 0 saturated heterocycles. The van der Waals surface area contributed by atoms with E-state index in [1.54, 1.807) is 18.4 Å². The first-order valence-electron chi connectivity index (χ1n) is 6.79. The van der Waals surface area contributed by atoms with Crippen molar-refractivity contribution in [1.29, 1.82) is 0 Å². The number of thiazole rings is 1. The van der Waals surface area contributed by atoms with Crippen molar-refractivity contribution in [2.24, 2.45) is 0 Å². The molecule has 1 aliphatic heterocycles. The Labute approximate surface area is 133 Å². The molecule has 1 atom stereocenters. The summed E-state index contributed by atoms with van der Waals surface area (Å²) in [6, 6.07) is 5.74. The summed E-state index contributed by atoms with van der Waals surface area (Å²) in [6.07, 6.45) is 0.149. The lowest BCUT2D eigenvalue weighted by Crippen LogP contribution is -2.38. The summed E-state index contributed by atoms with van der Waals surface area (Å²) < 4.78 is 11.0. The van der Waals surface area contributed by atoms with Crippen LogP contribution in [-0.2, 0) is 17.9 Å². The van der Waals surface area contributed by atoms with E-state index in [0.717, 1.165) is 40.3 Å². The van der Waals surface area contributed by atoms with E-state index in [0.29, 0.717) is 6.61 Å². The van der Waals surface area contributed by atoms with Crippen molar-refractivity contribution in [2.75, 3.05) is 18.6 Å². The lowest BCUT2D eigenvalue weighted by molar-refractivity contribution is 0.184. The van der Waals surface area contributed by atoms with Crippen LogP contribution in [0.1, 0.15) is 17.6 Å².